The van der Waals surface area contributed by atoms with Gasteiger partial charge >= 0.3 is 0 Å². The summed E-state index contributed by atoms with van der Waals surface area (Å²) in [5, 5.41) is 3.36. The van der Waals surface area contributed by atoms with Crippen LogP contribution < -0.4 is 11.1 Å². The number of nitrogens with one attached hydrogen (secondary N) is 1. The van der Waals surface area contributed by atoms with E-state index in [1.165, 1.54) is 12.1 Å². The van der Waals surface area contributed by atoms with Gasteiger partial charge in [-0.15, -0.1) is 12.4 Å². The van der Waals surface area contributed by atoms with Gasteiger partial charge in [0.2, 0.25) is 5.91 Å². The Hall–Kier alpha value is -0.880. The van der Waals surface area contributed by atoms with E-state index < -0.39 is 10.8 Å². The molecule has 0 aromatic heterocycles. The molecule has 7 heteroatoms. The van der Waals surface area contributed by atoms with Crippen molar-refractivity contribution in [3.8, 4) is 0 Å². The minimum atomic E-state index is -0.555. The summed E-state index contributed by atoms with van der Waals surface area (Å²) in [7, 11) is 0. The molecule has 136 valence electrons. The molecule has 0 bridgehead atoms. The van der Waals surface area contributed by atoms with E-state index in [2.05, 4.69) is 5.32 Å². The van der Waals surface area contributed by atoms with Crippen molar-refractivity contribution in [2.75, 3.05) is 26.3 Å². The first-order valence-corrected chi connectivity index (χ1v) is 8.20. The highest BCUT2D eigenvalue weighted by Gasteiger charge is 2.39. The number of amides is 1. The monoisotopic (exact) mass is 378 g/mol. The average molecular weight is 379 g/mol. The van der Waals surface area contributed by atoms with Crippen LogP contribution in [0.2, 0.25) is 5.02 Å². The Labute approximate surface area is 153 Å². The van der Waals surface area contributed by atoms with E-state index in [0.717, 1.165) is 5.56 Å². The number of carbonyl (C=O) groups is 1. The van der Waals surface area contributed by atoms with Crippen molar-refractivity contribution in [1.82, 2.24) is 5.32 Å². The zero-order valence-electron chi connectivity index (χ0n) is 14.0. The average Bonchev–Trinajstić information content (AvgIpc) is 2.53. The third kappa shape index (κ3) is 4.60. The number of halogens is 3. The fourth-order valence-corrected chi connectivity index (χ4v) is 3.33. The van der Waals surface area contributed by atoms with Gasteiger partial charge in [0, 0.05) is 36.7 Å². The van der Waals surface area contributed by atoms with Gasteiger partial charge in [0.15, 0.2) is 0 Å². The van der Waals surface area contributed by atoms with Gasteiger partial charge < -0.3 is 15.8 Å². The number of rotatable bonds is 5. The summed E-state index contributed by atoms with van der Waals surface area (Å²) in [6.45, 7) is 5.74. The van der Waals surface area contributed by atoms with E-state index >= 15 is 0 Å². The van der Waals surface area contributed by atoms with Crippen molar-refractivity contribution >= 4 is 29.9 Å². The highest BCUT2D eigenvalue weighted by Crippen LogP contribution is 2.32. The van der Waals surface area contributed by atoms with Crippen molar-refractivity contribution in [2.45, 2.75) is 32.1 Å². The van der Waals surface area contributed by atoms with Crippen LogP contribution in [0.1, 0.15) is 32.3 Å². The first-order chi connectivity index (χ1) is 10.8. The highest BCUT2D eigenvalue weighted by atomic mass is 35.5. The van der Waals surface area contributed by atoms with Crippen LogP contribution in [0, 0.1) is 11.2 Å². The fraction of sp³-hybridized carbons (Fsp3) is 0.588. The number of hydrogen-bond donors (Lipinski definition) is 2. The number of ether oxygens (including phenoxy) is 1. The van der Waals surface area contributed by atoms with E-state index in [9.17, 15) is 9.18 Å². The summed E-state index contributed by atoms with van der Waals surface area (Å²) in [5.41, 5.74) is 5.68. The highest BCUT2D eigenvalue weighted by molar-refractivity contribution is 6.31. The number of carbonyl (C=O) groups excluding carboxylic acids is 1. The lowest BCUT2D eigenvalue weighted by Gasteiger charge is -2.36. The first-order valence-electron chi connectivity index (χ1n) is 7.82. The van der Waals surface area contributed by atoms with Gasteiger partial charge in [-0.3, -0.25) is 4.79 Å². The van der Waals surface area contributed by atoms with Crippen molar-refractivity contribution in [3.05, 3.63) is 34.6 Å². The van der Waals surface area contributed by atoms with Crippen LogP contribution in [0.5, 0.6) is 0 Å². The maximum Gasteiger partial charge on any atom is 0.227 e. The minimum absolute atomic E-state index is 0. The molecule has 24 heavy (non-hydrogen) atoms. The lowest BCUT2D eigenvalue weighted by Crippen LogP contribution is -2.51. The smallest absolute Gasteiger partial charge is 0.227 e. The van der Waals surface area contributed by atoms with Gasteiger partial charge in [0.1, 0.15) is 5.82 Å². The summed E-state index contributed by atoms with van der Waals surface area (Å²) >= 11 is 6.14. The SMILES string of the molecule is CC(C)(CNC(=O)C1(CN)CCOCC1)c1ccc(F)cc1Cl.Cl. The van der Waals surface area contributed by atoms with Gasteiger partial charge in [-0.05, 0) is 30.5 Å². The molecule has 1 aliphatic heterocycles. The van der Waals surface area contributed by atoms with E-state index in [1.54, 1.807) is 6.07 Å². The Kier molecular flexibility index (Phi) is 7.47. The molecule has 1 heterocycles. The molecule has 1 fully saturated rings. The van der Waals surface area contributed by atoms with E-state index in [0.29, 0.717) is 44.2 Å². The molecular formula is C17H25Cl2FN2O2. The third-order valence-electron chi connectivity index (χ3n) is 4.67. The topological polar surface area (TPSA) is 64.4 Å². The minimum Gasteiger partial charge on any atom is -0.381 e. The van der Waals surface area contributed by atoms with Gasteiger partial charge in [0.05, 0.1) is 5.41 Å². The van der Waals surface area contributed by atoms with Gasteiger partial charge in [0.25, 0.3) is 0 Å². The lowest BCUT2D eigenvalue weighted by molar-refractivity contribution is -0.136. The Morgan fingerprint density at radius 3 is 2.58 bits per heavy atom. The van der Waals surface area contributed by atoms with E-state index in [1.807, 2.05) is 13.8 Å². The maximum atomic E-state index is 13.2. The van der Waals surface area contributed by atoms with E-state index in [-0.39, 0.29) is 24.1 Å². The summed E-state index contributed by atoms with van der Waals surface area (Å²) in [4.78, 5) is 12.6. The van der Waals surface area contributed by atoms with Crippen LogP contribution in [0.25, 0.3) is 0 Å². The molecule has 0 unspecified atom stereocenters. The molecule has 1 aliphatic rings. The molecule has 0 radical (unpaired) electrons. The fourth-order valence-electron chi connectivity index (χ4n) is 2.91. The number of hydrogen-bond acceptors (Lipinski definition) is 3. The molecule has 1 amide bonds. The van der Waals surface area contributed by atoms with Crippen LogP contribution in [0.15, 0.2) is 18.2 Å². The maximum absolute atomic E-state index is 13.2. The summed E-state index contributed by atoms with van der Waals surface area (Å²) in [5.74, 6) is -0.419. The number of nitrogens with two attached hydrogens (primary N) is 1. The lowest BCUT2D eigenvalue weighted by atomic mass is 9.78. The van der Waals surface area contributed by atoms with Crippen molar-refractivity contribution < 1.29 is 13.9 Å². The summed E-state index contributed by atoms with van der Waals surface area (Å²) in [6.07, 6.45) is 1.26. The summed E-state index contributed by atoms with van der Waals surface area (Å²) in [6, 6.07) is 4.34. The second kappa shape index (κ2) is 8.48. The van der Waals surface area contributed by atoms with Crippen LogP contribution in [0.3, 0.4) is 0 Å². The zero-order chi connectivity index (χ0) is 17.1. The third-order valence-corrected chi connectivity index (χ3v) is 4.99. The van der Waals surface area contributed by atoms with Gasteiger partial charge in [-0.2, -0.15) is 0 Å². The molecule has 0 aliphatic carbocycles. The second-order valence-corrected chi connectivity index (χ2v) is 7.19. The van der Waals surface area contributed by atoms with Crippen molar-refractivity contribution in [3.63, 3.8) is 0 Å². The largest absolute Gasteiger partial charge is 0.381 e. The van der Waals surface area contributed by atoms with Gasteiger partial charge in [-0.1, -0.05) is 31.5 Å². The van der Waals surface area contributed by atoms with E-state index in [4.69, 9.17) is 22.1 Å². The molecule has 1 aromatic carbocycles. The molecule has 2 rings (SSSR count). The molecular weight excluding hydrogens is 354 g/mol. The van der Waals surface area contributed by atoms with Gasteiger partial charge in [-0.25, -0.2) is 4.39 Å². The second-order valence-electron chi connectivity index (χ2n) is 6.79. The Balaban J connectivity index is 0.00000288. The Morgan fingerprint density at radius 1 is 1.42 bits per heavy atom. The van der Waals surface area contributed by atoms with Crippen molar-refractivity contribution in [1.29, 1.82) is 0 Å². The quantitative estimate of drug-likeness (QED) is 0.827. The zero-order valence-corrected chi connectivity index (χ0v) is 15.6. The van der Waals surface area contributed by atoms with Crippen molar-refractivity contribution in [2.24, 2.45) is 11.1 Å². The molecule has 0 atom stereocenters. The summed E-state index contributed by atoms with van der Waals surface area (Å²) < 4.78 is 18.5. The molecule has 1 saturated heterocycles. The van der Waals surface area contributed by atoms with Crippen LogP contribution in [-0.2, 0) is 14.9 Å². The molecule has 3 N–H and O–H groups in total. The molecule has 0 saturated carbocycles. The molecule has 0 spiro atoms. The first kappa shape index (κ1) is 21.2. The Bertz CT molecular complexity index is 576. The Morgan fingerprint density at radius 2 is 2.04 bits per heavy atom. The molecule has 4 nitrogen and oxygen atoms in total. The predicted molar refractivity (Wildman–Crippen MR) is 96.2 cm³/mol. The normalized spacial score (nSPS) is 17.0. The van der Waals surface area contributed by atoms with Crippen LogP contribution in [-0.4, -0.2) is 32.2 Å². The predicted octanol–water partition coefficient (Wildman–Crippen LogP) is 3.05. The van der Waals surface area contributed by atoms with Crippen LogP contribution >= 0.6 is 24.0 Å². The molecule has 1 aromatic rings. The number of benzene rings is 1. The van der Waals surface area contributed by atoms with Crippen LogP contribution in [0.4, 0.5) is 4.39 Å². The standard InChI is InChI=1S/C17H24ClFN2O2.ClH/c1-16(2,13-4-3-12(19)9-14(13)18)11-21-15(22)17(10-20)5-7-23-8-6-17;/h3-4,9H,5-8,10-11,20H2,1-2H3,(H,21,22);1H.